The normalized spacial score (nSPS) is 27.3. The molecular formula is C17H22F2N2O3. The van der Waals surface area contributed by atoms with Crippen molar-refractivity contribution in [1.82, 2.24) is 5.32 Å². The molecule has 7 heteroatoms. The van der Waals surface area contributed by atoms with Crippen LogP contribution in [-0.2, 0) is 4.74 Å². The van der Waals surface area contributed by atoms with E-state index in [0.29, 0.717) is 17.2 Å². The standard InChI is InChI=1S/C17H22F2N2O3/c1-9-11(5-4-6-12(9)24-15(18)19)20-16(22)21-13-10-7-8-23-14(10)17(13,2)3/h4-6,10,13-15H,7-8H2,1-3H3,(H2,20,21,22)/t10-,13-,14-/m1/s1. The monoisotopic (exact) mass is 340 g/mol. The van der Waals surface area contributed by atoms with Crippen molar-refractivity contribution in [2.75, 3.05) is 11.9 Å². The third-order valence-electron chi connectivity index (χ3n) is 5.14. The number of alkyl halides is 2. The minimum absolute atomic E-state index is 0.0332. The number of fused-ring (bicyclic) bond motifs is 1. The van der Waals surface area contributed by atoms with Crippen molar-refractivity contribution >= 4 is 11.7 Å². The number of nitrogens with one attached hydrogen (secondary N) is 2. The number of benzene rings is 1. The second-order valence-electron chi connectivity index (χ2n) is 6.95. The van der Waals surface area contributed by atoms with E-state index in [1.165, 1.54) is 6.07 Å². The van der Waals surface area contributed by atoms with Crippen LogP contribution in [-0.4, -0.2) is 31.4 Å². The number of halogens is 2. The highest BCUT2D eigenvalue weighted by atomic mass is 19.3. The molecule has 3 rings (SSSR count). The van der Waals surface area contributed by atoms with E-state index in [-0.39, 0.29) is 29.3 Å². The summed E-state index contributed by atoms with van der Waals surface area (Å²) >= 11 is 0. The summed E-state index contributed by atoms with van der Waals surface area (Å²) in [4.78, 5) is 12.3. The quantitative estimate of drug-likeness (QED) is 0.881. The SMILES string of the molecule is Cc1c(NC(=O)N[C@@H]2[C@H]3CCO[C@H]3C2(C)C)cccc1OC(F)F. The van der Waals surface area contributed by atoms with Gasteiger partial charge in [-0.2, -0.15) is 8.78 Å². The van der Waals surface area contributed by atoms with Crippen LogP contribution in [0, 0.1) is 18.3 Å². The Bertz CT molecular complexity index is 636. The van der Waals surface area contributed by atoms with Gasteiger partial charge in [0.15, 0.2) is 0 Å². The van der Waals surface area contributed by atoms with Crippen LogP contribution in [0.1, 0.15) is 25.8 Å². The van der Waals surface area contributed by atoms with Crippen LogP contribution in [0.25, 0.3) is 0 Å². The summed E-state index contributed by atoms with van der Waals surface area (Å²) in [6.07, 6.45) is 1.13. The molecule has 0 unspecified atom stereocenters. The van der Waals surface area contributed by atoms with E-state index in [1.807, 2.05) is 0 Å². The first-order valence-electron chi connectivity index (χ1n) is 8.04. The number of carbonyl (C=O) groups is 1. The van der Waals surface area contributed by atoms with Crippen molar-refractivity contribution in [3.05, 3.63) is 23.8 Å². The molecule has 1 saturated carbocycles. The van der Waals surface area contributed by atoms with Gasteiger partial charge < -0.3 is 20.1 Å². The maximum Gasteiger partial charge on any atom is 0.387 e. The number of carbonyl (C=O) groups excluding carboxylic acids is 1. The lowest BCUT2D eigenvalue weighted by Gasteiger charge is -2.54. The maximum atomic E-state index is 12.4. The molecule has 2 fully saturated rings. The second kappa shape index (κ2) is 6.20. The Kier molecular flexibility index (Phi) is 4.38. The van der Waals surface area contributed by atoms with Gasteiger partial charge in [0, 0.05) is 35.2 Å². The Hall–Kier alpha value is -1.89. The van der Waals surface area contributed by atoms with Crippen LogP contribution in [0.3, 0.4) is 0 Å². The largest absolute Gasteiger partial charge is 0.434 e. The van der Waals surface area contributed by atoms with Crippen LogP contribution < -0.4 is 15.4 Å². The summed E-state index contributed by atoms with van der Waals surface area (Å²) in [5.74, 6) is 0.386. The van der Waals surface area contributed by atoms with Crippen molar-refractivity contribution < 1.29 is 23.0 Å². The van der Waals surface area contributed by atoms with Crippen LogP contribution in [0.2, 0.25) is 0 Å². The van der Waals surface area contributed by atoms with Crippen LogP contribution in [0.5, 0.6) is 5.75 Å². The van der Waals surface area contributed by atoms with Gasteiger partial charge in [-0.1, -0.05) is 19.9 Å². The second-order valence-corrected chi connectivity index (χ2v) is 6.95. The minimum atomic E-state index is -2.90. The highest BCUT2D eigenvalue weighted by molar-refractivity contribution is 5.90. The van der Waals surface area contributed by atoms with Gasteiger partial charge in [0.25, 0.3) is 0 Å². The summed E-state index contributed by atoms with van der Waals surface area (Å²) in [6, 6.07) is 4.34. The lowest BCUT2D eigenvalue weighted by molar-refractivity contribution is -0.107. The molecule has 0 aromatic heterocycles. The molecule has 1 aromatic carbocycles. The lowest BCUT2D eigenvalue weighted by atomic mass is 9.57. The number of urea groups is 1. The van der Waals surface area contributed by atoms with Crippen molar-refractivity contribution in [3.63, 3.8) is 0 Å². The number of rotatable bonds is 4. The molecule has 24 heavy (non-hydrogen) atoms. The fourth-order valence-corrected chi connectivity index (χ4v) is 3.89. The number of ether oxygens (including phenoxy) is 2. The molecule has 1 aromatic rings. The van der Waals surface area contributed by atoms with Crippen LogP contribution in [0.4, 0.5) is 19.3 Å². The molecule has 1 heterocycles. The highest BCUT2D eigenvalue weighted by Crippen LogP contribution is 2.52. The van der Waals surface area contributed by atoms with E-state index in [2.05, 4.69) is 29.2 Å². The first-order chi connectivity index (χ1) is 11.3. The van der Waals surface area contributed by atoms with E-state index in [9.17, 15) is 13.6 Å². The molecule has 0 spiro atoms. The summed E-state index contributed by atoms with van der Waals surface area (Å²) in [7, 11) is 0. The van der Waals surface area contributed by atoms with E-state index in [1.54, 1.807) is 19.1 Å². The summed E-state index contributed by atoms with van der Waals surface area (Å²) in [5.41, 5.74) is 0.790. The van der Waals surface area contributed by atoms with Gasteiger partial charge in [0.2, 0.25) is 0 Å². The molecule has 2 aliphatic rings. The lowest BCUT2D eigenvalue weighted by Crippen LogP contribution is -2.67. The highest BCUT2D eigenvalue weighted by Gasteiger charge is 2.59. The Balaban J connectivity index is 1.65. The van der Waals surface area contributed by atoms with Gasteiger partial charge in [-0.25, -0.2) is 4.79 Å². The Morgan fingerprint density at radius 1 is 1.42 bits per heavy atom. The molecule has 2 amide bonds. The smallest absolute Gasteiger partial charge is 0.387 e. The predicted octanol–water partition coefficient (Wildman–Crippen LogP) is 3.53. The van der Waals surface area contributed by atoms with E-state index in [4.69, 9.17) is 4.74 Å². The third kappa shape index (κ3) is 2.92. The molecule has 3 atom stereocenters. The zero-order chi connectivity index (χ0) is 17.5. The molecular weight excluding hydrogens is 318 g/mol. The Labute approximate surface area is 139 Å². The molecule has 1 aliphatic carbocycles. The molecule has 0 bridgehead atoms. The van der Waals surface area contributed by atoms with Crippen molar-refractivity contribution in [2.24, 2.45) is 11.3 Å². The van der Waals surface area contributed by atoms with E-state index >= 15 is 0 Å². The molecule has 0 radical (unpaired) electrons. The Morgan fingerprint density at radius 3 is 2.88 bits per heavy atom. The first kappa shape index (κ1) is 17.0. The number of hydrogen-bond donors (Lipinski definition) is 2. The van der Waals surface area contributed by atoms with Crippen molar-refractivity contribution in [3.8, 4) is 5.75 Å². The minimum Gasteiger partial charge on any atom is -0.434 e. The zero-order valence-electron chi connectivity index (χ0n) is 13.9. The Morgan fingerprint density at radius 2 is 2.17 bits per heavy atom. The predicted molar refractivity (Wildman–Crippen MR) is 85.4 cm³/mol. The molecule has 5 nitrogen and oxygen atoms in total. The average Bonchev–Trinajstić information content (AvgIpc) is 2.95. The van der Waals surface area contributed by atoms with Gasteiger partial charge in [0.1, 0.15) is 5.75 Å². The number of anilines is 1. The summed E-state index contributed by atoms with van der Waals surface area (Å²) in [5, 5.41) is 5.72. The van der Waals surface area contributed by atoms with E-state index in [0.717, 1.165) is 13.0 Å². The topological polar surface area (TPSA) is 59.6 Å². The van der Waals surface area contributed by atoms with Gasteiger partial charge in [-0.3, -0.25) is 0 Å². The molecule has 132 valence electrons. The van der Waals surface area contributed by atoms with Gasteiger partial charge in [-0.15, -0.1) is 0 Å². The number of hydrogen-bond acceptors (Lipinski definition) is 3. The maximum absolute atomic E-state index is 12.4. The van der Waals surface area contributed by atoms with Gasteiger partial charge in [-0.05, 0) is 25.5 Å². The summed E-state index contributed by atoms with van der Waals surface area (Å²) in [6.45, 7) is 3.61. The molecule has 2 N–H and O–H groups in total. The van der Waals surface area contributed by atoms with Crippen LogP contribution in [0.15, 0.2) is 18.2 Å². The fraction of sp³-hybridized carbons (Fsp3) is 0.588. The summed E-state index contributed by atoms with van der Waals surface area (Å²) < 4.78 is 35.0. The molecule has 1 aliphatic heterocycles. The average molecular weight is 340 g/mol. The first-order valence-corrected chi connectivity index (χ1v) is 8.04. The fourth-order valence-electron chi connectivity index (χ4n) is 3.89. The van der Waals surface area contributed by atoms with E-state index < -0.39 is 6.61 Å². The third-order valence-corrected chi connectivity index (χ3v) is 5.14. The van der Waals surface area contributed by atoms with Crippen molar-refractivity contribution in [1.29, 1.82) is 0 Å². The van der Waals surface area contributed by atoms with Gasteiger partial charge >= 0.3 is 12.6 Å². The van der Waals surface area contributed by atoms with Gasteiger partial charge in [0.05, 0.1) is 6.10 Å². The number of amides is 2. The van der Waals surface area contributed by atoms with Crippen molar-refractivity contribution in [2.45, 2.75) is 45.9 Å². The van der Waals surface area contributed by atoms with Crippen LogP contribution >= 0.6 is 0 Å². The zero-order valence-corrected chi connectivity index (χ0v) is 13.9. The molecule has 1 saturated heterocycles.